The number of aromatic nitrogens is 4. The highest BCUT2D eigenvalue weighted by molar-refractivity contribution is 5.94. The summed E-state index contributed by atoms with van der Waals surface area (Å²) in [6.07, 6.45) is 5.05. The van der Waals surface area contributed by atoms with E-state index in [1.54, 1.807) is 4.68 Å². The minimum Gasteiger partial charge on any atom is -0.337 e. The molecule has 0 spiro atoms. The number of aryl methyl sites for hydroxylation is 1. The highest BCUT2D eigenvalue weighted by Crippen LogP contribution is 2.25. The first kappa shape index (κ1) is 16.2. The van der Waals surface area contributed by atoms with E-state index >= 15 is 0 Å². The number of amides is 1. The van der Waals surface area contributed by atoms with Crippen molar-refractivity contribution in [1.82, 2.24) is 30.0 Å². The number of carbonyl (C=O) groups is 1. The summed E-state index contributed by atoms with van der Waals surface area (Å²) in [5, 5.41) is 11.6. The first-order chi connectivity index (χ1) is 12.2. The number of hydrogen-bond donors (Lipinski definition) is 0. The Morgan fingerprint density at radius 3 is 2.72 bits per heavy atom. The van der Waals surface area contributed by atoms with Gasteiger partial charge in [0.2, 0.25) is 0 Å². The van der Waals surface area contributed by atoms with Crippen molar-refractivity contribution >= 4 is 5.91 Å². The highest BCUT2D eigenvalue weighted by atomic mass is 16.2. The summed E-state index contributed by atoms with van der Waals surface area (Å²) in [6.45, 7) is 5.58. The topological polar surface area (TPSA) is 67.2 Å². The first-order valence-electron chi connectivity index (χ1n) is 9.11. The SMILES string of the molecule is Cc1nnnn1-c1cccc(C(=O)N2CCCN(C3CCC3)CC2)c1. The van der Waals surface area contributed by atoms with E-state index in [1.807, 2.05) is 36.1 Å². The van der Waals surface area contributed by atoms with Gasteiger partial charge in [0.15, 0.2) is 5.82 Å². The molecule has 0 N–H and O–H groups in total. The average Bonchev–Trinajstić information content (AvgIpc) is 2.87. The smallest absolute Gasteiger partial charge is 0.253 e. The molecule has 7 heteroatoms. The van der Waals surface area contributed by atoms with Gasteiger partial charge in [-0.1, -0.05) is 12.5 Å². The summed E-state index contributed by atoms with van der Waals surface area (Å²) in [4.78, 5) is 17.5. The molecule has 1 aromatic heterocycles. The van der Waals surface area contributed by atoms with Crippen molar-refractivity contribution in [2.75, 3.05) is 26.2 Å². The molecule has 2 fully saturated rings. The third kappa shape index (κ3) is 3.28. The zero-order valence-electron chi connectivity index (χ0n) is 14.6. The minimum absolute atomic E-state index is 0.100. The number of benzene rings is 1. The van der Waals surface area contributed by atoms with Gasteiger partial charge in [-0.25, -0.2) is 0 Å². The van der Waals surface area contributed by atoms with Crippen molar-refractivity contribution in [3.05, 3.63) is 35.7 Å². The summed E-state index contributed by atoms with van der Waals surface area (Å²) in [6, 6.07) is 8.31. The van der Waals surface area contributed by atoms with Crippen LogP contribution in [0.15, 0.2) is 24.3 Å². The van der Waals surface area contributed by atoms with Crippen molar-refractivity contribution in [2.24, 2.45) is 0 Å². The van der Waals surface area contributed by atoms with E-state index in [1.165, 1.54) is 19.3 Å². The second-order valence-electron chi connectivity index (χ2n) is 6.95. The van der Waals surface area contributed by atoms with E-state index < -0.39 is 0 Å². The summed E-state index contributed by atoms with van der Waals surface area (Å²) >= 11 is 0. The molecule has 0 bridgehead atoms. The molecule has 0 radical (unpaired) electrons. The fourth-order valence-electron chi connectivity index (χ4n) is 3.68. The quantitative estimate of drug-likeness (QED) is 0.850. The van der Waals surface area contributed by atoms with E-state index in [0.29, 0.717) is 11.4 Å². The van der Waals surface area contributed by atoms with Gasteiger partial charge in [0.25, 0.3) is 5.91 Å². The Morgan fingerprint density at radius 1 is 1.12 bits per heavy atom. The summed E-state index contributed by atoms with van der Waals surface area (Å²) < 4.78 is 1.65. The molecule has 25 heavy (non-hydrogen) atoms. The lowest BCUT2D eigenvalue weighted by molar-refractivity contribution is 0.0749. The Hall–Kier alpha value is -2.28. The Bertz CT molecular complexity index is 754. The van der Waals surface area contributed by atoms with Crippen LogP contribution in [0.2, 0.25) is 0 Å². The van der Waals surface area contributed by atoms with E-state index in [-0.39, 0.29) is 5.91 Å². The normalized spacial score (nSPS) is 19.5. The van der Waals surface area contributed by atoms with Crippen molar-refractivity contribution in [2.45, 2.75) is 38.6 Å². The van der Waals surface area contributed by atoms with E-state index in [2.05, 4.69) is 20.4 Å². The van der Waals surface area contributed by atoms with E-state index in [4.69, 9.17) is 0 Å². The molecule has 1 aliphatic carbocycles. The standard InChI is InChI=1S/C18H24N6O/c1-14-19-20-21-24(14)17-8-2-5-15(13-17)18(25)23-10-4-9-22(11-12-23)16-6-3-7-16/h2,5,8,13,16H,3-4,6-7,9-12H2,1H3. The lowest BCUT2D eigenvalue weighted by atomic mass is 9.91. The van der Waals surface area contributed by atoms with Gasteiger partial charge in [0.1, 0.15) is 0 Å². The molecule has 0 atom stereocenters. The van der Waals surface area contributed by atoms with Crippen LogP contribution in [0, 0.1) is 6.92 Å². The molecular weight excluding hydrogens is 316 g/mol. The molecular formula is C18H24N6O. The number of hydrogen-bond acceptors (Lipinski definition) is 5. The van der Waals surface area contributed by atoms with Crippen LogP contribution in [0.5, 0.6) is 0 Å². The highest BCUT2D eigenvalue weighted by Gasteiger charge is 2.28. The number of rotatable bonds is 3. The van der Waals surface area contributed by atoms with Crippen LogP contribution in [0.4, 0.5) is 0 Å². The molecule has 1 aromatic carbocycles. The average molecular weight is 340 g/mol. The molecule has 4 rings (SSSR count). The summed E-state index contributed by atoms with van der Waals surface area (Å²) in [7, 11) is 0. The second kappa shape index (κ2) is 6.92. The van der Waals surface area contributed by atoms with Crippen molar-refractivity contribution in [3.8, 4) is 5.69 Å². The Morgan fingerprint density at radius 2 is 2.00 bits per heavy atom. The largest absolute Gasteiger partial charge is 0.337 e. The Kier molecular flexibility index (Phi) is 4.48. The van der Waals surface area contributed by atoms with Gasteiger partial charge in [-0.3, -0.25) is 9.69 Å². The van der Waals surface area contributed by atoms with Crippen LogP contribution in [0.1, 0.15) is 41.9 Å². The Balaban J connectivity index is 1.48. The van der Waals surface area contributed by atoms with Gasteiger partial charge >= 0.3 is 0 Å². The molecule has 2 aromatic rings. The first-order valence-corrected chi connectivity index (χ1v) is 9.11. The van der Waals surface area contributed by atoms with Crippen molar-refractivity contribution in [1.29, 1.82) is 0 Å². The monoisotopic (exact) mass is 340 g/mol. The van der Waals surface area contributed by atoms with Crippen molar-refractivity contribution < 1.29 is 4.79 Å². The number of carbonyl (C=O) groups excluding carboxylic acids is 1. The molecule has 1 aliphatic heterocycles. The fourth-order valence-corrected chi connectivity index (χ4v) is 3.68. The van der Waals surface area contributed by atoms with Crippen LogP contribution in [-0.4, -0.2) is 68.1 Å². The zero-order chi connectivity index (χ0) is 17.2. The zero-order valence-corrected chi connectivity index (χ0v) is 14.6. The number of nitrogens with zero attached hydrogens (tertiary/aromatic N) is 6. The predicted molar refractivity (Wildman–Crippen MR) is 93.6 cm³/mol. The van der Waals surface area contributed by atoms with Gasteiger partial charge in [-0.05, 0) is 54.8 Å². The van der Waals surface area contributed by atoms with Crippen LogP contribution in [0.25, 0.3) is 5.69 Å². The molecule has 132 valence electrons. The van der Waals surface area contributed by atoms with Crippen LogP contribution >= 0.6 is 0 Å². The third-order valence-electron chi connectivity index (χ3n) is 5.37. The maximum absolute atomic E-state index is 13.0. The van der Waals surface area contributed by atoms with Gasteiger partial charge in [-0.2, -0.15) is 4.68 Å². The Labute approximate surface area is 147 Å². The molecule has 2 heterocycles. The maximum atomic E-state index is 13.0. The molecule has 1 amide bonds. The van der Waals surface area contributed by atoms with Crippen molar-refractivity contribution in [3.63, 3.8) is 0 Å². The minimum atomic E-state index is 0.100. The second-order valence-corrected chi connectivity index (χ2v) is 6.95. The van der Waals surface area contributed by atoms with Crippen LogP contribution < -0.4 is 0 Å². The molecule has 2 aliphatic rings. The fraction of sp³-hybridized carbons (Fsp3) is 0.556. The van der Waals surface area contributed by atoms with Gasteiger partial charge in [0, 0.05) is 37.8 Å². The van der Waals surface area contributed by atoms with Gasteiger partial charge < -0.3 is 4.90 Å². The predicted octanol–water partition coefficient (Wildman–Crippen LogP) is 1.67. The summed E-state index contributed by atoms with van der Waals surface area (Å²) in [5.41, 5.74) is 1.52. The lowest BCUT2D eigenvalue weighted by Gasteiger charge is -2.36. The van der Waals surface area contributed by atoms with E-state index in [9.17, 15) is 4.79 Å². The molecule has 7 nitrogen and oxygen atoms in total. The lowest BCUT2D eigenvalue weighted by Crippen LogP contribution is -2.42. The van der Waals surface area contributed by atoms with Crippen LogP contribution in [-0.2, 0) is 0 Å². The third-order valence-corrected chi connectivity index (χ3v) is 5.37. The number of tetrazole rings is 1. The van der Waals surface area contributed by atoms with Gasteiger partial charge in [-0.15, -0.1) is 5.10 Å². The molecule has 1 saturated carbocycles. The van der Waals surface area contributed by atoms with Gasteiger partial charge in [0.05, 0.1) is 5.69 Å². The summed E-state index contributed by atoms with van der Waals surface area (Å²) in [5.74, 6) is 0.804. The van der Waals surface area contributed by atoms with Crippen LogP contribution in [0.3, 0.4) is 0 Å². The molecule has 0 unspecified atom stereocenters. The molecule has 1 saturated heterocycles. The maximum Gasteiger partial charge on any atom is 0.253 e. The van der Waals surface area contributed by atoms with E-state index in [0.717, 1.165) is 44.3 Å².